The van der Waals surface area contributed by atoms with E-state index in [0.717, 1.165) is 7.11 Å². The average Bonchev–Trinajstić information content (AvgIpc) is 2.25. The summed E-state index contributed by atoms with van der Waals surface area (Å²) in [5, 5.41) is 12.7. The summed E-state index contributed by atoms with van der Waals surface area (Å²) in [5.74, 6) is -0.581. The fourth-order valence-corrected chi connectivity index (χ4v) is 1.73. The number of nitrogens with zero attached hydrogens (tertiary/aromatic N) is 2. The minimum atomic E-state index is -4.28. The van der Waals surface area contributed by atoms with Crippen LogP contribution in [0.1, 0.15) is 17.6 Å². The Labute approximate surface area is 95.7 Å². The molecule has 1 rings (SSSR count). The molecule has 0 atom stereocenters. The Morgan fingerprint density at radius 1 is 1.59 bits per heavy atom. The summed E-state index contributed by atoms with van der Waals surface area (Å²) >= 11 is 0. The Kier molecular flexibility index (Phi) is 3.59. The standard InChI is InChI=1S/C8H7F2N3O3S/c1-16-7-5(6(9)10)2-4(3-11)8(13-7)17(12,14)15/h2,6H,1H3,(H2,12,14,15). The van der Waals surface area contributed by atoms with E-state index in [1.807, 2.05) is 0 Å². The molecule has 0 amide bonds. The van der Waals surface area contributed by atoms with E-state index in [1.54, 1.807) is 0 Å². The van der Waals surface area contributed by atoms with Gasteiger partial charge in [-0.2, -0.15) is 10.2 Å². The fourth-order valence-electron chi connectivity index (χ4n) is 1.11. The summed E-state index contributed by atoms with van der Waals surface area (Å²) in [6.45, 7) is 0. The molecule has 1 aromatic heterocycles. The van der Waals surface area contributed by atoms with Crippen LogP contribution in [-0.2, 0) is 10.0 Å². The molecule has 0 aliphatic heterocycles. The van der Waals surface area contributed by atoms with Crippen molar-refractivity contribution in [2.75, 3.05) is 7.11 Å². The number of sulfonamides is 1. The fraction of sp³-hybridized carbons (Fsp3) is 0.250. The number of hydrogen-bond donors (Lipinski definition) is 1. The smallest absolute Gasteiger partial charge is 0.269 e. The summed E-state index contributed by atoms with van der Waals surface area (Å²) in [5.41, 5.74) is -1.22. The maximum absolute atomic E-state index is 12.5. The second-order valence-electron chi connectivity index (χ2n) is 2.90. The number of ether oxygens (including phenoxy) is 1. The first-order chi connectivity index (χ1) is 7.81. The number of nitrogens with two attached hydrogens (primary N) is 1. The van der Waals surface area contributed by atoms with Gasteiger partial charge in [-0.15, -0.1) is 0 Å². The quantitative estimate of drug-likeness (QED) is 0.856. The van der Waals surface area contributed by atoms with Crippen LogP contribution in [-0.4, -0.2) is 20.5 Å². The van der Waals surface area contributed by atoms with Crippen molar-refractivity contribution in [1.29, 1.82) is 5.26 Å². The number of rotatable bonds is 3. The zero-order chi connectivity index (χ0) is 13.2. The van der Waals surface area contributed by atoms with Gasteiger partial charge >= 0.3 is 0 Å². The lowest BCUT2D eigenvalue weighted by Gasteiger charge is -2.09. The van der Waals surface area contributed by atoms with E-state index in [2.05, 4.69) is 9.72 Å². The predicted octanol–water partition coefficient (Wildman–Crippen LogP) is 0.547. The normalized spacial score (nSPS) is 11.3. The Morgan fingerprint density at radius 2 is 2.18 bits per heavy atom. The highest BCUT2D eigenvalue weighted by atomic mass is 32.2. The van der Waals surface area contributed by atoms with E-state index in [9.17, 15) is 17.2 Å². The van der Waals surface area contributed by atoms with Crippen molar-refractivity contribution >= 4 is 10.0 Å². The summed E-state index contributed by atoms with van der Waals surface area (Å²) in [6.07, 6.45) is -2.95. The van der Waals surface area contributed by atoms with E-state index in [1.165, 1.54) is 6.07 Å². The minimum absolute atomic E-state index is 0.552. The van der Waals surface area contributed by atoms with E-state index in [-0.39, 0.29) is 0 Å². The molecule has 9 heteroatoms. The summed E-state index contributed by atoms with van der Waals surface area (Å²) in [7, 11) is -3.23. The van der Waals surface area contributed by atoms with Crippen LogP contribution in [0.3, 0.4) is 0 Å². The second-order valence-corrected chi connectivity index (χ2v) is 4.37. The van der Waals surface area contributed by atoms with Gasteiger partial charge in [0.15, 0.2) is 5.03 Å². The first-order valence-corrected chi connectivity index (χ1v) is 5.66. The summed E-state index contributed by atoms with van der Waals surface area (Å²) in [4.78, 5) is 3.32. The lowest BCUT2D eigenvalue weighted by atomic mass is 10.2. The third kappa shape index (κ3) is 2.66. The topological polar surface area (TPSA) is 106 Å². The van der Waals surface area contributed by atoms with Gasteiger partial charge in [0.05, 0.1) is 18.2 Å². The Balaban J connectivity index is 3.62. The van der Waals surface area contributed by atoms with Crippen LogP contribution in [0.5, 0.6) is 5.88 Å². The van der Waals surface area contributed by atoms with E-state index in [0.29, 0.717) is 6.07 Å². The molecule has 1 heterocycles. The minimum Gasteiger partial charge on any atom is -0.481 e. The molecule has 0 fully saturated rings. The van der Waals surface area contributed by atoms with Crippen molar-refractivity contribution in [3.8, 4) is 11.9 Å². The molecule has 17 heavy (non-hydrogen) atoms. The van der Waals surface area contributed by atoms with Gasteiger partial charge in [0.25, 0.3) is 16.4 Å². The molecule has 0 saturated heterocycles. The molecule has 0 bridgehead atoms. The zero-order valence-corrected chi connectivity index (χ0v) is 9.33. The van der Waals surface area contributed by atoms with Crippen LogP contribution in [0.15, 0.2) is 11.1 Å². The molecular formula is C8H7F2N3O3S. The summed E-state index contributed by atoms with van der Waals surface area (Å²) in [6, 6.07) is 2.13. The monoisotopic (exact) mass is 263 g/mol. The second kappa shape index (κ2) is 4.60. The third-order valence-corrected chi connectivity index (χ3v) is 2.65. The Hall–Kier alpha value is -1.79. The predicted molar refractivity (Wildman–Crippen MR) is 51.8 cm³/mol. The highest BCUT2D eigenvalue weighted by Crippen LogP contribution is 2.30. The maximum atomic E-state index is 12.5. The van der Waals surface area contributed by atoms with Crippen molar-refractivity contribution in [1.82, 2.24) is 4.98 Å². The number of alkyl halides is 2. The molecule has 92 valence electrons. The van der Waals surface area contributed by atoms with Gasteiger partial charge in [0, 0.05) is 0 Å². The average molecular weight is 263 g/mol. The molecule has 0 aromatic carbocycles. The first-order valence-electron chi connectivity index (χ1n) is 4.11. The number of nitriles is 1. The largest absolute Gasteiger partial charge is 0.481 e. The zero-order valence-electron chi connectivity index (χ0n) is 8.52. The molecular weight excluding hydrogens is 256 g/mol. The molecule has 6 nitrogen and oxygen atoms in total. The van der Waals surface area contributed by atoms with Gasteiger partial charge in [-0.1, -0.05) is 0 Å². The van der Waals surface area contributed by atoms with Crippen LogP contribution < -0.4 is 9.88 Å². The SMILES string of the molecule is COc1nc(S(N)(=O)=O)c(C#N)cc1C(F)F. The lowest BCUT2D eigenvalue weighted by Crippen LogP contribution is -2.17. The third-order valence-electron chi connectivity index (χ3n) is 1.80. The van der Waals surface area contributed by atoms with Crippen molar-refractivity contribution in [2.24, 2.45) is 5.14 Å². The van der Waals surface area contributed by atoms with E-state index >= 15 is 0 Å². The molecule has 0 radical (unpaired) electrons. The Morgan fingerprint density at radius 3 is 2.53 bits per heavy atom. The summed E-state index contributed by atoms with van der Waals surface area (Å²) < 4.78 is 51.8. The van der Waals surface area contributed by atoms with Gasteiger partial charge < -0.3 is 4.74 Å². The first kappa shape index (κ1) is 13.3. The van der Waals surface area contributed by atoms with Crippen molar-refractivity contribution in [2.45, 2.75) is 11.5 Å². The molecule has 0 unspecified atom stereocenters. The van der Waals surface area contributed by atoms with Crippen LogP contribution in [0.25, 0.3) is 0 Å². The van der Waals surface area contributed by atoms with Crippen molar-refractivity contribution in [3.05, 3.63) is 17.2 Å². The van der Waals surface area contributed by atoms with E-state index in [4.69, 9.17) is 10.4 Å². The molecule has 1 aromatic rings. The number of hydrogen-bond acceptors (Lipinski definition) is 5. The van der Waals surface area contributed by atoms with Gasteiger partial charge in [-0.25, -0.2) is 22.3 Å². The highest BCUT2D eigenvalue weighted by molar-refractivity contribution is 7.89. The van der Waals surface area contributed by atoms with Crippen LogP contribution in [0.4, 0.5) is 8.78 Å². The lowest BCUT2D eigenvalue weighted by molar-refractivity contribution is 0.145. The van der Waals surface area contributed by atoms with Crippen LogP contribution in [0, 0.1) is 11.3 Å². The highest BCUT2D eigenvalue weighted by Gasteiger charge is 2.24. The van der Waals surface area contributed by atoms with Crippen molar-refractivity contribution < 1.29 is 21.9 Å². The maximum Gasteiger partial charge on any atom is 0.269 e. The molecule has 0 aliphatic rings. The molecule has 0 spiro atoms. The molecule has 2 N–H and O–H groups in total. The number of primary sulfonamides is 1. The van der Waals surface area contributed by atoms with Crippen LogP contribution in [0.2, 0.25) is 0 Å². The number of halogens is 2. The van der Waals surface area contributed by atoms with Crippen molar-refractivity contribution in [3.63, 3.8) is 0 Å². The number of pyridine rings is 1. The van der Waals surface area contributed by atoms with Crippen LogP contribution >= 0.6 is 0 Å². The Bertz CT molecular complexity index is 580. The molecule has 0 aliphatic carbocycles. The van der Waals surface area contributed by atoms with Gasteiger partial charge in [-0.3, -0.25) is 0 Å². The van der Waals surface area contributed by atoms with Gasteiger partial charge in [0.2, 0.25) is 5.88 Å². The van der Waals surface area contributed by atoms with Gasteiger partial charge in [-0.05, 0) is 6.07 Å². The molecule has 0 saturated carbocycles. The number of methoxy groups -OCH3 is 1. The van der Waals surface area contributed by atoms with E-state index < -0.39 is 38.5 Å². The van der Waals surface area contributed by atoms with Gasteiger partial charge in [0.1, 0.15) is 6.07 Å². The number of aromatic nitrogens is 1.